The number of rotatable bonds is 2. The number of hydrogen-bond donors (Lipinski definition) is 1. The van der Waals surface area contributed by atoms with E-state index in [0.29, 0.717) is 6.61 Å². The Balaban J connectivity index is 2.53. The van der Waals surface area contributed by atoms with Crippen molar-refractivity contribution in [2.75, 3.05) is 19.7 Å². The fourth-order valence-electron chi connectivity index (χ4n) is 1.59. The minimum Gasteiger partial charge on any atom is -0.478 e. The van der Waals surface area contributed by atoms with Crippen LogP contribution in [0.25, 0.3) is 0 Å². The highest BCUT2D eigenvalue weighted by Gasteiger charge is 2.27. The molecule has 1 aliphatic rings. The Hall–Kier alpha value is -0.870. The van der Waals surface area contributed by atoms with E-state index in [2.05, 4.69) is 25.7 Å². The number of nitrogens with zero attached hydrogens (tertiary/aromatic N) is 1. The van der Waals surface area contributed by atoms with Crippen molar-refractivity contribution < 1.29 is 14.6 Å². The van der Waals surface area contributed by atoms with Crippen LogP contribution in [0, 0.1) is 0 Å². The van der Waals surface area contributed by atoms with Gasteiger partial charge >= 0.3 is 5.97 Å². The zero-order valence-corrected chi connectivity index (χ0v) is 9.56. The van der Waals surface area contributed by atoms with Crippen molar-refractivity contribution in [3.8, 4) is 0 Å². The van der Waals surface area contributed by atoms with Crippen LogP contribution in [0.15, 0.2) is 12.2 Å². The number of morpholine rings is 1. The maximum absolute atomic E-state index is 10.4. The zero-order chi connectivity index (χ0) is 11.5. The predicted octanol–water partition coefficient (Wildman–Crippen LogP) is 1.13. The molecule has 0 aliphatic carbocycles. The van der Waals surface area contributed by atoms with Crippen LogP contribution < -0.4 is 0 Å². The molecule has 1 atom stereocenters. The fraction of sp³-hybridized carbons (Fsp3) is 0.727. The first kappa shape index (κ1) is 12.2. The summed E-state index contributed by atoms with van der Waals surface area (Å²) in [5, 5.41) is 8.51. The molecule has 0 spiro atoms. The highest BCUT2D eigenvalue weighted by Crippen LogP contribution is 2.17. The van der Waals surface area contributed by atoms with Crippen molar-refractivity contribution >= 4 is 5.97 Å². The van der Waals surface area contributed by atoms with Crippen LogP contribution in [0.1, 0.15) is 20.8 Å². The van der Waals surface area contributed by atoms with E-state index in [9.17, 15) is 4.79 Å². The molecule has 0 amide bonds. The third kappa shape index (κ3) is 4.01. The summed E-state index contributed by atoms with van der Waals surface area (Å²) in [5.74, 6) is -0.925. The van der Waals surface area contributed by atoms with E-state index in [1.807, 2.05) is 0 Å². The number of carbonyl (C=O) groups is 1. The van der Waals surface area contributed by atoms with E-state index < -0.39 is 5.97 Å². The first-order valence-electron chi connectivity index (χ1n) is 5.17. The highest BCUT2D eigenvalue weighted by molar-refractivity contribution is 5.79. The fourth-order valence-corrected chi connectivity index (χ4v) is 1.59. The molecule has 15 heavy (non-hydrogen) atoms. The summed E-state index contributed by atoms with van der Waals surface area (Å²) >= 11 is 0. The minimum atomic E-state index is -0.925. The maximum atomic E-state index is 10.4. The molecule has 4 heteroatoms. The van der Waals surface area contributed by atoms with E-state index in [-0.39, 0.29) is 11.6 Å². The summed E-state index contributed by atoms with van der Waals surface area (Å²) in [6.07, 6.45) is 2.66. The Morgan fingerprint density at radius 2 is 2.20 bits per heavy atom. The van der Waals surface area contributed by atoms with Crippen molar-refractivity contribution in [2.24, 2.45) is 0 Å². The predicted molar refractivity (Wildman–Crippen MR) is 57.8 cm³/mol. The first-order valence-corrected chi connectivity index (χ1v) is 5.17. The molecule has 1 N–H and O–H groups in total. The first-order chi connectivity index (χ1) is 6.89. The minimum absolute atomic E-state index is 0.103. The topological polar surface area (TPSA) is 49.8 Å². The van der Waals surface area contributed by atoms with E-state index in [4.69, 9.17) is 9.84 Å². The van der Waals surface area contributed by atoms with Crippen LogP contribution in [0.4, 0.5) is 0 Å². The van der Waals surface area contributed by atoms with Gasteiger partial charge in [-0.05, 0) is 26.8 Å². The van der Waals surface area contributed by atoms with Gasteiger partial charge in [0.05, 0.1) is 12.7 Å². The molecule has 0 aromatic carbocycles. The maximum Gasteiger partial charge on any atom is 0.328 e. The van der Waals surface area contributed by atoms with Crippen LogP contribution in [0.2, 0.25) is 0 Å². The van der Waals surface area contributed by atoms with Crippen LogP contribution in [0.3, 0.4) is 0 Å². The van der Waals surface area contributed by atoms with Crippen molar-refractivity contribution in [2.45, 2.75) is 32.4 Å². The Bertz CT molecular complexity index is 255. The Morgan fingerprint density at radius 3 is 2.73 bits per heavy atom. The number of ether oxygens (including phenoxy) is 1. The summed E-state index contributed by atoms with van der Waals surface area (Å²) < 4.78 is 5.46. The lowest BCUT2D eigenvalue weighted by atomic mass is 10.0. The highest BCUT2D eigenvalue weighted by atomic mass is 16.5. The zero-order valence-electron chi connectivity index (χ0n) is 9.56. The van der Waals surface area contributed by atoms with Crippen LogP contribution in [0.5, 0.6) is 0 Å². The normalized spacial score (nSPS) is 24.6. The lowest BCUT2D eigenvalue weighted by molar-refractivity contribution is -0.131. The van der Waals surface area contributed by atoms with E-state index in [0.717, 1.165) is 19.2 Å². The number of aliphatic carboxylic acids is 1. The molecule has 0 saturated carbocycles. The SMILES string of the molecule is CC(C)(C)N1CCOC(/C=C/C(=O)O)C1. The molecular formula is C11H19NO3. The molecule has 1 aliphatic heterocycles. The number of hydrogen-bond acceptors (Lipinski definition) is 3. The second kappa shape index (κ2) is 4.77. The third-order valence-electron chi connectivity index (χ3n) is 2.50. The average molecular weight is 213 g/mol. The van der Waals surface area contributed by atoms with Crippen LogP contribution in [-0.4, -0.2) is 47.3 Å². The van der Waals surface area contributed by atoms with E-state index >= 15 is 0 Å². The van der Waals surface area contributed by atoms with Gasteiger partial charge in [-0.2, -0.15) is 0 Å². The largest absolute Gasteiger partial charge is 0.478 e. The molecular weight excluding hydrogens is 194 g/mol. The lowest BCUT2D eigenvalue weighted by Crippen LogP contribution is -2.50. The van der Waals surface area contributed by atoms with Crippen molar-refractivity contribution in [3.05, 3.63) is 12.2 Å². The summed E-state index contributed by atoms with van der Waals surface area (Å²) in [4.78, 5) is 12.7. The van der Waals surface area contributed by atoms with Gasteiger partial charge in [0.1, 0.15) is 0 Å². The number of carboxylic acids is 1. The summed E-state index contributed by atoms with van der Waals surface area (Å²) in [6.45, 7) is 8.77. The van der Waals surface area contributed by atoms with Crippen LogP contribution in [-0.2, 0) is 9.53 Å². The molecule has 86 valence electrons. The molecule has 0 aromatic rings. The third-order valence-corrected chi connectivity index (χ3v) is 2.50. The Kier molecular flexibility index (Phi) is 3.88. The standard InChI is InChI=1S/C11H19NO3/c1-11(2,3)12-6-7-15-9(8-12)4-5-10(13)14/h4-5,9H,6-8H2,1-3H3,(H,13,14)/b5-4+. The van der Waals surface area contributed by atoms with Gasteiger partial charge in [-0.3, -0.25) is 4.90 Å². The Labute approximate surface area is 90.5 Å². The van der Waals surface area contributed by atoms with Gasteiger partial charge < -0.3 is 9.84 Å². The Morgan fingerprint density at radius 1 is 1.53 bits per heavy atom. The summed E-state index contributed by atoms with van der Waals surface area (Å²) in [6, 6.07) is 0. The number of carboxylic acid groups (broad SMARTS) is 1. The molecule has 1 rings (SSSR count). The molecule has 1 saturated heterocycles. The quantitative estimate of drug-likeness (QED) is 0.698. The van der Waals surface area contributed by atoms with E-state index in [1.165, 1.54) is 0 Å². The van der Waals surface area contributed by atoms with Crippen LogP contribution >= 0.6 is 0 Å². The van der Waals surface area contributed by atoms with Gasteiger partial charge in [0.15, 0.2) is 0 Å². The van der Waals surface area contributed by atoms with Gasteiger partial charge in [-0.15, -0.1) is 0 Å². The van der Waals surface area contributed by atoms with Gasteiger partial charge in [-0.1, -0.05) is 0 Å². The molecule has 0 radical (unpaired) electrons. The van der Waals surface area contributed by atoms with Crippen molar-refractivity contribution in [1.29, 1.82) is 0 Å². The monoisotopic (exact) mass is 213 g/mol. The second-order valence-corrected chi connectivity index (χ2v) is 4.72. The molecule has 0 aromatic heterocycles. The average Bonchev–Trinajstić information content (AvgIpc) is 2.14. The van der Waals surface area contributed by atoms with Gasteiger partial charge in [0, 0.05) is 24.7 Å². The molecule has 1 heterocycles. The molecule has 0 bridgehead atoms. The summed E-state index contributed by atoms with van der Waals surface area (Å²) in [5.41, 5.74) is 0.110. The van der Waals surface area contributed by atoms with Gasteiger partial charge in [0.25, 0.3) is 0 Å². The smallest absolute Gasteiger partial charge is 0.328 e. The lowest BCUT2D eigenvalue weighted by Gasteiger charge is -2.40. The van der Waals surface area contributed by atoms with Crippen molar-refractivity contribution in [1.82, 2.24) is 4.90 Å². The van der Waals surface area contributed by atoms with Gasteiger partial charge in [-0.25, -0.2) is 4.79 Å². The van der Waals surface area contributed by atoms with Crippen molar-refractivity contribution in [3.63, 3.8) is 0 Å². The molecule has 4 nitrogen and oxygen atoms in total. The van der Waals surface area contributed by atoms with Gasteiger partial charge in [0.2, 0.25) is 0 Å². The second-order valence-electron chi connectivity index (χ2n) is 4.72. The van der Waals surface area contributed by atoms with E-state index in [1.54, 1.807) is 6.08 Å². The molecule has 1 unspecified atom stereocenters. The molecule has 1 fully saturated rings. The summed E-state index contributed by atoms with van der Waals surface area (Å²) in [7, 11) is 0.